The second kappa shape index (κ2) is 7.86. The number of hydrogen-bond acceptors (Lipinski definition) is 4. The number of aliphatic carboxylic acids is 1. The Hall–Kier alpha value is -1.60. The van der Waals surface area contributed by atoms with Crippen molar-refractivity contribution in [1.29, 1.82) is 0 Å². The summed E-state index contributed by atoms with van der Waals surface area (Å²) in [5, 5.41) is 11.3. The molecule has 0 spiro atoms. The average molecular weight is 300 g/mol. The van der Waals surface area contributed by atoms with Gasteiger partial charge in [-0.15, -0.1) is 11.8 Å². The molecule has 1 aromatic rings. The van der Waals surface area contributed by atoms with Gasteiger partial charge in [-0.1, -0.05) is 12.1 Å². The summed E-state index contributed by atoms with van der Waals surface area (Å²) in [4.78, 5) is 22.1. The first-order valence-corrected chi connectivity index (χ1v) is 7.16. The van der Waals surface area contributed by atoms with Crippen molar-refractivity contribution in [2.75, 3.05) is 11.5 Å². The quantitative estimate of drug-likeness (QED) is 0.702. The maximum Gasteiger partial charge on any atom is 0.321 e. The number of carboxylic acids is 1. The molecule has 0 aliphatic carbocycles. The predicted octanol–water partition coefficient (Wildman–Crippen LogP) is 1.15. The molecule has 0 bridgehead atoms. The van der Waals surface area contributed by atoms with Crippen LogP contribution in [0.15, 0.2) is 24.3 Å². The molecule has 0 saturated carbocycles. The summed E-state index contributed by atoms with van der Waals surface area (Å²) in [5.74, 6) is -1.33. The molecule has 0 aliphatic rings. The number of nitrogens with one attached hydrogen (secondary N) is 1. The van der Waals surface area contributed by atoms with Crippen LogP contribution in [0.25, 0.3) is 0 Å². The second-order valence-electron chi connectivity index (χ2n) is 4.30. The van der Waals surface area contributed by atoms with Gasteiger partial charge < -0.3 is 16.2 Å². The van der Waals surface area contributed by atoms with Crippen molar-refractivity contribution in [2.24, 2.45) is 5.73 Å². The Kier molecular flexibility index (Phi) is 6.47. The zero-order valence-electron chi connectivity index (χ0n) is 11.0. The number of benzene rings is 1. The summed E-state index contributed by atoms with van der Waals surface area (Å²) in [6, 6.07) is 4.66. The number of carbonyl (C=O) groups excluding carboxylic acids is 1. The van der Waals surface area contributed by atoms with E-state index in [4.69, 9.17) is 10.8 Å². The summed E-state index contributed by atoms with van der Waals surface area (Å²) in [7, 11) is 0. The number of halogens is 1. The van der Waals surface area contributed by atoms with Crippen LogP contribution in [0.4, 0.5) is 4.39 Å². The van der Waals surface area contributed by atoms with Crippen molar-refractivity contribution < 1.29 is 19.1 Å². The van der Waals surface area contributed by atoms with E-state index in [1.54, 1.807) is 19.1 Å². The lowest BCUT2D eigenvalue weighted by molar-refractivity contribution is -0.138. The van der Waals surface area contributed by atoms with Crippen molar-refractivity contribution >= 4 is 23.6 Å². The predicted molar refractivity (Wildman–Crippen MR) is 75.9 cm³/mol. The number of hydrogen-bond donors (Lipinski definition) is 3. The van der Waals surface area contributed by atoms with Gasteiger partial charge in [-0.25, -0.2) is 4.39 Å². The molecule has 0 heterocycles. The molecule has 7 heteroatoms. The fraction of sp³-hybridized carbons (Fsp3) is 0.385. The van der Waals surface area contributed by atoms with Crippen molar-refractivity contribution in [3.05, 3.63) is 35.6 Å². The molecule has 5 nitrogen and oxygen atoms in total. The van der Waals surface area contributed by atoms with Crippen LogP contribution < -0.4 is 11.1 Å². The second-order valence-corrected chi connectivity index (χ2v) is 5.33. The summed E-state index contributed by atoms with van der Waals surface area (Å²) in [6.45, 7) is 1.79. The van der Waals surface area contributed by atoms with E-state index in [0.29, 0.717) is 0 Å². The number of nitrogens with two attached hydrogens (primary N) is 1. The molecule has 1 unspecified atom stereocenters. The van der Waals surface area contributed by atoms with E-state index in [9.17, 15) is 14.0 Å². The SMILES string of the molecule is CC(NC(=O)CSC[C@H](N)C(=O)O)c1ccc(F)cc1. The minimum absolute atomic E-state index is 0.131. The summed E-state index contributed by atoms with van der Waals surface area (Å²) in [6.07, 6.45) is 0. The number of carbonyl (C=O) groups is 2. The van der Waals surface area contributed by atoms with Gasteiger partial charge in [-0.3, -0.25) is 9.59 Å². The smallest absolute Gasteiger partial charge is 0.321 e. The Labute approximate surface area is 120 Å². The Morgan fingerprint density at radius 3 is 2.55 bits per heavy atom. The van der Waals surface area contributed by atoms with Gasteiger partial charge in [0.1, 0.15) is 11.9 Å². The van der Waals surface area contributed by atoms with Gasteiger partial charge in [0.2, 0.25) is 5.91 Å². The Bertz CT molecular complexity index is 467. The van der Waals surface area contributed by atoms with Gasteiger partial charge in [0.15, 0.2) is 0 Å². The normalized spacial score (nSPS) is 13.6. The summed E-state index contributed by atoms with van der Waals surface area (Å²) in [5.41, 5.74) is 6.12. The molecule has 1 amide bonds. The van der Waals surface area contributed by atoms with E-state index in [1.165, 1.54) is 12.1 Å². The lowest BCUT2D eigenvalue weighted by Gasteiger charge is -2.14. The highest BCUT2D eigenvalue weighted by molar-refractivity contribution is 8.00. The highest BCUT2D eigenvalue weighted by Crippen LogP contribution is 2.13. The maximum absolute atomic E-state index is 12.8. The van der Waals surface area contributed by atoms with Crippen LogP contribution in [-0.4, -0.2) is 34.5 Å². The third-order valence-electron chi connectivity index (χ3n) is 2.60. The molecular formula is C13H17FN2O3S. The van der Waals surface area contributed by atoms with Crippen molar-refractivity contribution in [3.8, 4) is 0 Å². The van der Waals surface area contributed by atoms with E-state index in [0.717, 1.165) is 17.3 Å². The highest BCUT2D eigenvalue weighted by atomic mass is 32.2. The summed E-state index contributed by atoms with van der Waals surface area (Å²) < 4.78 is 12.8. The maximum atomic E-state index is 12.8. The molecule has 1 rings (SSSR count). The lowest BCUT2D eigenvalue weighted by Crippen LogP contribution is -2.34. The number of amides is 1. The monoisotopic (exact) mass is 300 g/mol. The average Bonchev–Trinajstić information content (AvgIpc) is 2.39. The zero-order valence-corrected chi connectivity index (χ0v) is 11.8. The van der Waals surface area contributed by atoms with Crippen LogP contribution in [0.5, 0.6) is 0 Å². The molecule has 20 heavy (non-hydrogen) atoms. The van der Waals surface area contributed by atoms with Gasteiger partial charge in [-0.05, 0) is 24.6 Å². The Balaban J connectivity index is 2.35. The van der Waals surface area contributed by atoms with Gasteiger partial charge in [-0.2, -0.15) is 0 Å². The third-order valence-corrected chi connectivity index (χ3v) is 3.66. The largest absolute Gasteiger partial charge is 0.480 e. The minimum atomic E-state index is -1.09. The number of carboxylic acid groups (broad SMARTS) is 1. The van der Waals surface area contributed by atoms with Gasteiger partial charge in [0.25, 0.3) is 0 Å². The molecule has 0 saturated heterocycles. The molecule has 110 valence electrons. The van der Waals surface area contributed by atoms with Crippen molar-refractivity contribution in [2.45, 2.75) is 19.0 Å². The highest BCUT2D eigenvalue weighted by Gasteiger charge is 2.13. The molecule has 0 aromatic heterocycles. The van der Waals surface area contributed by atoms with E-state index in [-0.39, 0.29) is 29.3 Å². The van der Waals surface area contributed by atoms with Crippen LogP contribution in [-0.2, 0) is 9.59 Å². The van der Waals surface area contributed by atoms with E-state index in [2.05, 4.69) is 5.32 Å². The first-order chi connectivity index (χ1) is 9.40. The van der Waals surface area contributed by atoms with E-state index in [1.807, 2.05) is 0 Å². The lowest BCUT2D eigenvalue weighted by atomic mass is 10.1. The van der Waals surface area contributed by atoms with Crippen molar-refractivity contribution in [3.63, 3.8) is 0 Å². The minimum Gasteiger partial charge on any atom is -0.480 e. The fourth-order valence-corrected chi connectivity index (χ4v) is 2.25. The number of thioether (sulfide) groups is 1. The number of rotatable bonds is 7. The van der Waals surface area contributed by atoms with Crippen LogP contribution in [0.2, 0.25) is 0 Å². The molecule has 0 radical (unpaired) electrons. The van der Waals surface area contributed by atoms with E-state index >= 15 is 0 Å². The Morgan fingerprint density at radius 1 is 1.40 bits per heavy atom. The molecule has 4 N–H and O–H groups in total. The van der Waals surface area contributed by atoms with Crippen LogP contribution >= 0.6 is 11.8 Å². The first-order valence-electron chi connectivity index (χ1n) is 6.01. The van der Waals surface area contributed by atoms with Gasteiger partial charge in [0.05, 0.1) is 11.8 Å². The standard InChI is InChI=1S/C13H17FN2O3S/c1-8(9-2-4-10(14)5-3-9)16-12(17)7-20-6-11(15)13(18)19/h2-5,8,11H,6-7,15H2,1H3,(H,16,17)(H,18,19)/t8?,11-/m0/s1. The van der Waals surface area contributed by atoms with Crippen LogP contribution in [0.1, 0.15) is 18.5 Å². The first kappa shape index (κ1) is 16.5. The Morgan fingerprint density at radius 2 is 2.00 bits per heavy atom. The molecule has 1 aromatic carbocycles. The topological polar surface area (TPSA) is 92.4 Å². The summed E-state index contributed by atoms with van der Waals surface area (Å²) >= 11 is 1.16. The van der Waals surface area contributed by atoms with Gasteiger partial charge >= 0.3 is 5.97 Å². The zero-order chi connectivity index (χ0) is 15.1. The molecule has 2 atom stereocenters. The fourth-order valence-electron chi connectivity index (χ4n) is 1.47. The molecule has 0 aliphatic heterocycles. The molecular weight excluding hydrogens is 283 g/mol. The third kappa shape index (κ3) is 5.58. The van der Waals surface area contributed by atoms with E-state index < -0.39 is 12.0 Å². The van der Waals surface area contributed by atoms with Crippen LogP contribution in [0, 0.1) is 5.82 Å². The van der Waals surface area contributed by atoms with Gasteiger partial charge in [0, 0.05) is 5.75 Å². The molecule has 0 fully saturated rings. The van der Waals surface area contributed by atoms with Crippen molar-refractivity contribution in [1.82, 2.24) is 5.32 Å². The van der Waals surface area contributed by atoms with Crippen LogP contribution in [0.3, 0.4) is 0 Å².